The van der Waals surface area contributed by atoms with Crippen LogP contribution in [0.1, 0.15) is 27.7 Å². The van der Waals surface area contributed by atoms with Gasteiger partial charge in [-0.05, 0) is 34.2 Å². The SMILES string of the molecule is CCO[Si](C)(OCC)C(C)OC1OC1C. The average Bonchev–Trinajstić information content (AvgIpc) is 2.82. The fourth-order valence-corrected chi connectivity index (χ4v) is 3.56. The molecule has 1 rings (SSSR count). The molecule has 15 heavy (non-hydrogen) atoms. The quantitative estimate of drug-likeness (QED) is 0.497. The maximum absolute atomic E-state index is 5.73. The van der Waals surface area contributed by atoms with Crippen LogP contribution in [0.25, 0.3) is 0 Å². The zero-order chi connectivity index (χ0) is 11.5. The molecular weight excluding hydrogens is 212 g/mol. The Kier molecular flexibility index (Phi) is 4.73. The van der Waals surface area contributed by atoms with Crippen LogP contribution in [0.3, 0.4) is 0 Å². The van der Waals surface area contributed by atoms with Crippen LogP contribution in [0.2, 0.25) is 6.55 Å². The van der Waals surface area contributed by atoms with Crippen molar-refractivity contribution in [1.29, 1.82) is 0 Å². The molecular formula is C10H22O4Si. The number of ether oxygens (including phenoxy) is 2. The summed E-state index contributed by atoms with van der Waals surface area (Å²) in [5.74, 6) is 0. The molecule has 3 atom stereocenters. The summed E-state index contributed by atoms with van der Waals surface area (Å²) in [6, 6.07) is 0. The number of hydrogen-bond donors (Lipinski definition) is 0. The number of rotatable bonds is 7. The molecule has 4 nitrogen and oxygen atoms in total. The van der Waals surface area contributed by atoms with Gasteiger partial charge in [-0.1, -0.05) is 0 Å². The summed E-state index contributed by atoms with van der Waals surface area (Å²) in [6.45, 7) is 11.3. The lowest BCUT2D eigenvalue weighted by molar-refractivity contribution is 0.00366. The van der Waals surface area contributed by atoms with E-state index in [1.165, 1.54) is 0 Å². The van der Waals surface area contributed by atoms with Gasteiger partial charge < -0.3 is 18.3 Å². The summed E-state index contributed by atoms with van der Waals surface area (Å²) in [7, 11) is -2.21. The summed E-state index contributed by atoms with van der Waals surface area (Å²) in [5.41, 5.74) is -0.00708. The van der Waals surface area contributed by atoms with E-state index in [0.717, 1.165) is 0 Å². The predicted octanol–water partition coefficient (Wildman–Crippen LogP) is 1.82. The van der Waals surface area contributed by atoms with E-state index in [0.29, 0.717) is 13.2 Å². The minimum absolute atomic E-state index is 0.00708. The number of epoxide rings is 1. The van der Waals surface area contributed by atoms with Crippen LogP contribution in [-0.2, 0) is 18.3 Å². The Morgan fingerprint density at radius 1 is 1.27 bits per heavy atom. The predicted molar refractivity (Wildman–Crippen MR) is 59.8 cm³/mol. The smallest absolute Gasteiger partial charge is 0.364 e. The Morgan fingerprint density at radius 3 is 2.07 bits per heavy atom. The second kappa shape index (κ2) is 5.40. The van der Waals surface area contributed by atoms with Gasteiger partial charge in [0.05, 0.1) is 0 Å². The molecule has 1 fully saturated rings. The monoisotopic (exact) mass is 234 g/mol. The molecule has 0 saturated carbocycles. The van der Waals surface area contributed by atoms with Crippen molar-refractivity contribution in [2.24, 2.45) is 0 Å². The van der Waals surface area contributed by atoms with E-state index in [-0.39, 0.29) is 18.1 Å². The first kappa shape index (κ1) is 13.1. The van der Waals surface area contributed by atoms with Gasteiger partial charge in [0.25, 0.3) is 0 Å². The first-order valence-electron chi connectivity index (χ1n) is 5.62. The third-order valence-electron chi connectivity index (χ3n) is 2.59. The molecule has 1 saturated heterocycles. The highest BCUT2D eigenvalue weighted by atomic mass is 28.4. The Morgan fingerprint density at radius 2 is 1.73 bits per heavy atom. The van der Waals surface area contributed by atoms with Crippen molar-refractivity contribution in [3.8, 4) is 0 Å². The molecule has 0 amide bonds. The van der Waals surface area contributed by atoms with Crippen LogP contribution in [0.15, 0.2) is 0 Å². The largest absolute Gasteiger partial charge is 0.393 e. The van der Waals surface area contributed by atoms with Crippen molar-refractivity contribution < 1.29 is 18.3 Å². The van der Waals surface area contributed by atoms with Gasteiger partial charge in [-0.15, -0.1) is 0 Å². The summed E-state index contributed by atoms with van der Waals surface area (Å²) < 4.78 is 22.4. The van der Waals surface area contributed by atoms with Gasteiger partial charge in [0.2, 0.25) is 0 Å². The third kappa shape index (κ3) is 3.53. The highest BCUT2D eigenvalue weighted by Crippen LogP contribution is 2.27. The molecule has 0 aromatic heterocycles. The van der Waals surface area contributed by atoms with Crippen LogP contribution < -0.4 is 0 Å². The fourth-order valence-electron chi connectivity index (χ4n) is 1.48. The lowest BCUT2D eigenvalue weighted by atomic mass is 10.5. The molecule has 3 unspecified atom stereocenters. The van der Waals surface area contributed by atoms with Crippen LogP contribution in [0, 0.1) is 0 Å². The highest BCUT2D eigenvalue weighted by Gasteiger charge is 2.45. The molecule has 1 heterocycles. The number of hydrogen-bond acceptors (Lipinski definition) is 4. The summed E-state index contributed by atoms with van der Waals surface area (Å²) in [4.78, 5) is 0. The van der Waals surface area contributed by atoms with Crippen molar-refractivity contribution in [3.63, 3.8) is 0 Å². The fraction of sp³-hybridized carbons (Fsp3) is 1.00. The maximum Gasteiger partial charge on any atom is 0.364 e. The lowest BCUT2D eigenvalue weighted by Crippen LogP contribution is -2.51. The first-order valence-corrected chi connectivity index (χ1v) is 8.01. The molecule has 90 valence electrons. The lowest BCUT2D eigenvalue weighted by Gasteiger charge is -2.31. The van der Waals surface area contributed by atoms with E-state index < -0.39 is 8.56 Å². The Labute approximate surface area is 93.1 Å². The van der Waals surface area contributed by atoms with Crippen LogP contribution >= 0.6 is 0 Å². The second-order valence-electron chi connectivity index (χ2n) is 3.87. The Hall–Kier alpha value is 0.0569. The minimum atomic E-state index is -2.21. The van der Waals surface area contributed by atoms with E-state index in [1.54, 1.807) is 0 Å². The van der Waals surface area contributed by atoms with Crippen LogP contribution in [-0.4, -0.2) is 39.9 Å². The maximum atomic E-state index is 5.73. The first-order chi connectivity index (χ1) is 7.03. The average molecular weight is 234 g/mol. The van der Waals surface area contributed by atoms with Crippen LogP contribution in [0.4, 0.5) is 0 Å². The molecule has 1 aliphatic rings. The van der Waals surface area contributed by atoms with E-state index in [2.05, 4.69) is 0 Å². The molecule has 0 bridgehead atoms. The molecule has 0 spiro atoms. The molecule has 0 N–H and O–H groups in total. The van der Waals surface area contributed by atoms with Crippen molar-refractivity contribution in [1.82, 2.24) is 0 Å². The molecule has 0 radical (unpaired) electrons. The van der Waals surface area contributed by atoms with Crippen LogP contribution in [0.5, 0.6) is 0 Å². The van der Waals surface area contributed by atoms with Crippen molar-refractivity contribution >= 4 is 8.56 Å². The zero-order valence-corrected chi connectivity index (χ0v) is 11.3. The summed E-state index contributed by atoms with van der Waals surface area (Å²) in [5, 5.41) is 0. The Balaban J connectivity index is 2.45. The van der Waals surface area contributed by atoms with Gasteiger partial charge in [-0.2, -0.15) is 0 Å². The molecule has 5 heteroatoms. The topological polar surface area (TPSA) is 40.2 Å². The van der Waals surface area contributed by atoms with Gasteiger partial charge in [0, 0.05) is 13.2 Å². The van der Waals surface area contributed by atoms with Crippen molar-refractivity contribution in [3.05, 3.63) is 0 Å². The zero-order valence-electron chi connectivity index (χ0n) is 10.3. The van der Waals surface area contributed by atoms with Crippen molar-refractivity contribution in [2.45, 2.75) is 52.4 Å². The van der Waals surface area contributed by atoms with Gasteiger partial charge in [-0.25, -0.2) is 0 Å². The van der Waals surface area contributed by atoms with E-state index in [9.17, 15) is 0 Å². The van der Waals surface area contributed by atoms with Crippen molar-refractivity contribution in [2.75, 3.05) is 13.2 Å². The van der Waals surface area contributed by atoms with E-state index >= 15 is 0 Å². The van der Waals surface area contributed by atoms with Gasteiger partial charge >= 0.3 is 8.56 Å². The molecule has 0 aromatic rings. The normalized spacial score (nSPS) is 27.8. The van der Waals surface area contributed by atoms with Gasteiger partial charge in [0.1, 0.15) is 11.8 Å². The summed E-state index contributed by atoms with van der Waals surface area (Å²) in [6.07, 6.45) is 0.154. The molecule has 1 aliphatic heterocycles. The van der Waals surface area contributed by atoms with E-state index in [1.807, 2.05) is 34.2 Å². The molecule has 0 aromatic carbocycles. The Bertz CT molecular complexity index is 194. The van der Waals surface area contributed by atoms with Gasteiger partial charge in [-0.3, -0.25) is 0 Å². The minimum Gasteiger partial charge on any atom is -0.393 e. The summed E-state index contributed by atoms with van der Waals surface area (Å²) >= 11 is 0. The van der Waals surface area contributed by atoms with E-state index in [4.69, 9.17) is 18.3 Å². The third-order valence-corrected chi connectivity index (χ3v) is 5.93. The standard InChI is InChI=1S/C10H22O4Si/c1-6-11-15(5,12-7-2)9(4)14-10-8(3)13-10/h8-10H,6-7H2,1-5H3. The highest BCUT2D eigenvalue weighted by molar-refractivity contribution is 6.67. The second-order valence-corrected chi connectivity index (χ2v) is 7.29. The molecule has 0 aliphatic carbocycles. The van der Waals surface area contributed by atoms with Gasteiger partial charge in [0.15, 0.2) is 6.29 Å².